The molecule has 1 aliphatic heterocycles. The fourth-order valence-corrected chi connectivity index (χ4v) is 5.16. The van der Waals surface area contributed by atoms with Gasteiger partial charge in [0.05, 0.1) is 30.2 Å². The SMILES string of the molecule is CC(C)(C)c1cncc(NC(=O)c2csc3c2CCN(C(=O)c2cnc4ccccn24)C3)c1. The molecule has 2 amide bonds. The number of amides is 2. The van der Waals surface area contributed by atoms with Gasteiger partial charge in [-0.2, -0.15) is 0 Å². The van der Waals surface area contributed by atoms with Gasteiger partial charge in [0.2, 0.25) is 0 Å². The number of carbonyl (C=O) groups is 2. The van der Waals surface area contributed by atoms with Crippen molar-refractivity contribution in [1.82, 2.24) is 19.3 Å². The van der Waals surface area contributed by atoms with Crippen LogP contribution >= 0.6 is 11.3 Å². The normalized spacial score (nSPS) is 13.7. The van der Waals surface area contributed by atoms with E-state index < -0.39 is 0 Å². The summed E-state index contributed by atoms with van der Waals surface area (Å²) >= 11 is 1.53. The first-order valence-electron chi connectivity index (χ1n) is 10.9. The second kappa shape index (κ2) is 8.12. The predicted molar refractivity (Wildman–Crippen MR) is 129 cm³/mol. The standard InChI is InChI=1S/C25H25N5O2S/c1-25(2,3)16-10-17(12-26-11-16)28-23(31)19-15-33-21-14-29(9-7-18(19)21)24(32)20-13-27-22-6-4-5-8-30(20)22/h4-6,8,10-13,15H,7,9,14H2,1-3H3,(H,28,31). The smallest absolute Gasteiger partial charge is 0.272 e. The summed E-state index contributed by atoms with van der Waals surface area (Å²) in [6.07, 6.45) is 7.62. The molecule has 8 heteroatoms. The average molecular weight is 460 g/mol. The number of nitrogens with one attached hydrogen (secondary N) is 1. The van der Waals surface area contributed by atoms with Gasteiger partial charge in [-0.25, -0.2) is 4.98 Å². The number of hydrogen-bond donors (Lipinski definition) is 1. The lowest BCUT2D eigenvalue weighted by atomic mass is 9.88. The molecule has 0 aromatic carbocycles. The Labute approximate surface area is 196 Å². The fourth-order valence-electron chi connectivity index (χ4n) is 4.06. The number of pyridine rings is 2. The van der Waals surface area contributed by atoms with Gasteiger partial charge in [-0.15, -0.1) is 11.3 Å². The Bertz CT molecular complexity index is 1360. The van der Waals surface area contributed by atoms with Crippen molar-refractivity contribution in [1.29, 1.82) is 0 Å². The molecule has 0 atom stereocenters. The van der Waals surface area contributed by atoms with Crippen LogP contribution in [0.2, 0.25) is 0 Å². The number of thiophene rings is 1. The highest BCUT2D eigenvalue weighted by molar-refractivity contribution is 7.10. The Morgan fingerprint density at radius 2 is 2.00 bits per heavy atom. The number of imidazole rings is 1. The Kier molecular flexibility index (Phi) is 5.25. The lowest BCUT2D eigenvalue weighted by Crippen LogP contribution is -2.36. The third-order valence-corrected chi connectivity index (χ3v) is 6.99. The van der Waals surface area contributed by atoms with Crippen LogP contribution in [0.3, 0.4) is 0 Å². The van der Waals surface area contributed by atoms with Crippen LogP contribution in [0.4, 0.5) is 5.69 Å². The van der Waals surface area contributed by atoms with E-state index in [1.54, 1.807) is 12.4 Å². The molecule has 4 aromatic heterocycles. The van der Waals surface area contributed by atoms with Crippen LogP contribution in [0, 0.1) is 0 Å². The van der Waals surface area contributed by atoms with Crippen molar-refractivity contribution in [3.63, 3.8) is 0 Å². The van der Waals surface area contributed by atoms with Crippen LogP contribution in [-0.2, 0) is 18.4 Å². The lowest BCUT2D eigenvalue weighted by Gasteiger charge is -2.27. The van der Waals surface area contributed by atoms with Crippen LogP contribution in [0.15, 0.2) is 54.4 Å². The Balaban J connectivity index is 1.33. The number of anilines is 1. The molecular formula is C25H25N5O2S. The van der Waals surface area contributed by atoms with E-state index in [1.807, 2.05) is 51.3 Å². The zero-order chi connectivity index (χ0) is 23.2. The van der Waals surface area contributed by atoms with E-state index in [9.17, 15) is 9.59 Å². The second-order valence-corrected chi connectivity index (χ2v) is 10.2. The van der Waals surface area contributed by atoms with E-state index >= 15 is 0 Å². The Morgan fingerprint density at radius 3 is 2.82 bits per heavy atom. The zero-order valence-corrected chi connectivity index (χ0v) is 19.6. The average Bonchev–Trinajstić information content (AvgIpc) is 3.42. The van der Waals surface area contributed by atoms with Gasteiger partial charge in [0.1, 0.15) is 11.3 Å². The summed E-state index contributed by atoms with van der Waals surface area (Å²) in [4.78, 5) is 37.7. The largest absolute Gasteiger partial charge is 0.332 e. The number of fused-ring (bicyclic) bond motifs is 2. The van der Waals surface area contributed by atoms with Gasteiger partial charge in [0.15, 0.2) is 0 Å². The number of nitrogens with zero attached hydrogens (tertiary/aromatic N) is 4. The molecule has 0 fully saturated rings. The van der Waals surface area contributed by atoms with E-state index in [0.717, 1.165) is 21.7 Å². The monoisotopic (exact) mass is 459 g/mol. The van der Waals surface area contributed by atoms with Crippen molar-refractivity contribution in [2.45, 2.75) is 39.2 Å². The van der Waals surface area contributed by atoms with E-state index in [0.29, 0.717) is 36.5 Å². The number of hydrogen-bond acceptors (Lipinski definition) is 5. The van der Waals surface area contributed by atoms with Crippen molar-refractivity contribution in [3.05, 3.63) is 81.7 Å². The van der Waals surface area contributed by atoms with Gasteiger partial charge in [0.25, 0.3) is 11.8 Å². The van der Waals surface area contributed by atoms with E-state index in [1.165, 1.54) is 11.3 Å². The zero-order valence-electron chi connectivity index (χ0n) is 18.8. The molecule has 0 saturated carbocycles. The molecule has 0 unspecified atom stereocenters. The van der Waals surface area contributed by atoms with Crippen LogP contribution in [0.5, 0.6) is 0 Å². The maximum Gasteiger partial charge on any atom is 0.272 e. The van der Waals surface area contributed by atoms with E-state index in [-0.39, 0.29) is 17.2 Å². The second-order valence-electron chi connectivity index (χ2n) is 9.27. The fraction of sp³-hybridized carbons (Fsp3) is 0.280. The third kappa shape index (κ3) is 4.02. The first-order chi connectivity index (χ1) is 15.8. The van der Waals surface area contributed by atoms with E-state index in [2.05, 4.69) is 36.1 Å². The molecule has 7 nitrogen and oxygen atoms in total. The maximum atomic E-state index is 13.2. The predicted octanol–water partition coefficient (Wildman–Crippen LogP) is 4.54. The van der Waals surface area contributed by atoms with Crippen molar-refractivity contribution >= 4 is 34.5 Å². The first-order valence-corrected chi connectivity index (χ1v) is 11.8. The van der Waals surface area contributed by atoms with Gasteiger partial charge in [-0.3, -0.25) is 19.0 Å². The summed E-state index contributed by atoms with van der Waals surface area (Å²) in [6.45, 7) is 7.40. The summed E-state index contributed by atoms with van der Waals surface area (Å²) in [6, 6.07) is 7.63. The molecule has 168 valence electrons. The van der Waals surface area contributed by atoms with Crippen LogP contribution in [0.25, 0.3) is 5.65 Å². The van der Waals surface area contributed by atoms with Gasteiger partial charge < -0.3 is 10.2 Å². The summed E-state index contributed by atoms with van der Waals surface area (Å²) < 4.78 is 1.81. The van der Waals surface area contributed by atoms with Gasteiger partial charge in [-0.1, -0.05) is 26.8 Å². The molecule has 5 rings (SSSR count). The molecule has 0 saturated heterocycles. The molecule has 1 N–H and O–H groups in total. The number of rotatable bonds is 3. The van der Waals surface area contributed by atoms with E-state index in [4.69, 9.17) is 0 Å². The highest BCUT2D eigenvalue weighted by Gasteiger charge is 2.28. The Morgan fingerprint density at radius 1 is 1.15 bits per heavy atom. The van der Waals surface area contributed by atoms with Crippen LogP contribution < -0.4 is 5.32 Å². The minimum atomic E-state index is -0.137. The van der Waals surface area contributed by atoms with Crippen molar-refractivity contribution in [2.75, 3.05) is 11.9 Å². The summed E-state index contributed by atoms with van der Waals surface area (Å²) in [7, 11) is 0. The molecule has 0 bridgehead atoms. The van der Waals surface area contributed by atoms with Crippen LogP contribution in [0.1, 0.15) is 57.6 Å². The Hall–Kier alpha value is -3.52. The minimum absolute atomic E-state index is 0.0495. The molecule has 5 heterocycles. The van der Waals surface area contributed by atoms with Gasteiger partial charge in [0, 0.05) is 29.2 Å². The number of aromatic nitrogens is 3. The summed E-state index contributed by atoms with van der Waals surface area (Å²) in [5, 5.41) is 4.89. The topological polar surface area (TPSA) is 79.6 Å². The molecule has 4 aromatic rings. The molecule has 33 heavy (non-hydrogen) atoms. The highest BCUT2D eigenvalue weighted by atomic mass is 32.1. The quantitative estimate of drug-likeness (QED) is 0.488. The third-order valence-electron chi connectivity index (χ3n) is 5.98. The molecule has 0 radical (unpaired) electrons. The highest BCUT2D eigenvalue weighted by Crippen LogP contribution is 2.30. The summed E-state index contributed by atoms with van der Waals surface area (Å²) in [5.41, 5.74) is 4.71. The number of carbonyl (C=O) groups excluding carboxylic acids is 2. The molecular weight excluding hydrogens is 434 g/mol. The van der Waals surface area contributed by atoms with Gasteiger partial charge in [-0.05, 0) is 41.2 Å². The molecule has 1 aliphatic rings. The molecule has 0 aliphatic carbocycles. The van der Waals surface area contributed by atoms with Crippen molar-refractivity contribution in [3.8, 4) is 0 Å². The minimum Gasteiger partial charge on any atom is -0.332 e. The molecule has 0 spiro atoms. The van der Waals surface area contributed by atoms with Crippen molar-refractivity contribution < 1.29 is 9.59 Å². The lowest BCUT2D eigenvalue weighted by molar-refractivity contribution is 0.0730. The van der Waals surface area contributed by atoms with Crippen molar-refractivity contribution in [2.24, 2.45) is 0 Å². The maximum absolute atomic E-state index is 13.2. The first kappa shape index (κ1) is 21.3. The van der Waals surface area contributed by atoms with Gasteiger partial charge >= 0.3 is 0 Å². The van der Waals surface area contributed by atoms with Crippen LogP contribution in [-0.4, -0.2) is 37.6 Å². The summed E-state index contributed by atoms with van der Waals surface area (Å²) in [5.74, 6) is -0.189.